The lowest BCUT2D eigenvalue weighted by molar-refractivity contribution is 0.0650. The van der Waals surface area contributed by atoms with Crippen molar-refractivity contribution in [3.63, 3.8) is 0 Å². The molecule has 2 aliphatic rings. The highest BCUT2D eigenvalue weighted by molar-refractivity contribution is 6.01. The quantitative estimate of drug-likeness (QED) is 0.726. The zero-order chi connectivity index (χ0) is 20.2. The van der Waals surface area contributed by atoms with Crippen molar-refractivity contribution in [3.8, 4) is 0 Å². The highest BCUT2D eigenvalue weighted by Gasteiger charge is 2.54. The van der Waals surface area contributed by atoms with Crippen LogP contribution in [0.5, 0.6) is 0 Å². The topological polar surface area (TPSA) is 91.3 Å². The summed E-state index contributed by atoms with van der Waals surface area (Å²) in [7, 11) is 0. The van der Waals surface area contributed by atoms with Gasteiger partial charge in [0, 0.05) is 43.7 Å². The van der Waals surface area contributed by atoms with Crippen molar-refractivity contribution in [2.24, 2.45) is 11.3 Å². The van der Waals surface area contributed by atoms with Crippen molar-refractivity contribution in [1.29, 1.82) is 0 Å². The Kier molecular flexibility index (Phi) is 3.99. The van der Waals surface area contributed by atoms with E-state index in [0.717, 1.165) is 11.1 Å². The first-order valence-corrected chi connectivity index (χ1v) is 9.68. The third-order valence-electron chi connectivity index (χ3n) is 6.35. The van der Waals surface area contributed by atoms with Gasteiger partial charge < -0.3 is 19.3 Å². The van der Waals surface area contributed by atoms with Crippen molar-refractivity contribution in [3.05, 3.63) is 59.8 Å². The summed E-state index contributed by atoms with van der Waals surface area (Å²) < 4.78 is 6.94. The molecular formula is C21H22N4O4. The van der Waals surface area contributed by atoms with E-state index in [2.05, 4.69) is 5.10 Å². The average Bonchev–Trinajstić information content (AvgIpc) is 3.48. The fraction of sp³-hybridized carbons (Fsp3) is 0.381. The maximum absolute atomic E-state index is 13.3. The summed E-state index contributed by atoms with van der Waals surface area (Å²) in [5.74, 6) is 0.0694. The van der Waals surface area contributed by atoms with Crippen molar-refractivity contribution in [2.75, 3.05) is 32.8 Å². The van der Waals surface area contributed by atoms with Gasteiger partial charge in [0.15, 0.2) is 5.76 Å². The summed E-state index contributed by atoms with van der Waals surface area (Å²) in [6.07, 6.45) is 4.91. The number of fused-ring (bicyclic) bond motifs is 2. The molecule has 0 unspecified atom stereocenters. The van der Waals surface area contributed by atoms with Crippen LogP contribution in [-0.2, 0) is 0 Å². The molecule has 0 bridgehead atoms. The van der Waals surface area contributed by atoms with E-state index in [1.54, 1.807) is 32.6 Å². The summed E-state index contributed by atoms with van der Waals surface area (Å²) in [6, 6.07) is 7.19. The Labute approximate surface area is 167 Å². The van der Waals surface area contributed by atoms with E-state index < -0.39 is 5.41 Å². The molecule has 2 saturated heterocycles. The number of pyridine rings is 1. The minimum absolute atomic E-state index is 0.0262. The maximum Gasteiger partial charge on any atom is 0.289 e. The molecule has 2 aliphatic heterocycles. The first kappa shape index (κ1) is 17.9. The van der Waals surface area contributed by atoms with Gasteiger partial charge >= 0.3 is 0 Å². The summed E-state index contributed by atoms with van der Waals surface area (Å²) >= 11 is 0. The van der Waals surface area contributed by atoms with Gasteiger partial charge in [0.1, 0.15) is 0 Å². The molecule has 1 N–H and O–H groups in total. The maximum atomic E-state index is 13.3. The molecule has 0 saturated carbocycles. The predicted molar refractivity (Wildman–Crippen MR) is 103 cm³/mol. The fourth-order valence-corrected chi connectivity index (χ4v) is 4.81. The molecule has 8 nitrogen and oxygen atoms in total. The Morgan fingerprint density at radius 1 is 1.21 bits per heavy atom. The van der Waals surface area contributed by atoms with Gasteiger partial charge in [0.25, 0.3) is 11.8 Å². The van der Waals surface area contributed by atoms with Gasteiger partial charge in [-0.05, 0) is 30.7 Å². The first-order chi connectivity index (χ1) is 14.0. The molecule has 0 aliphatic carbocycles. The lowest BCUT2D eigenvalue weighted by Gasteiger charge is -2.27. The third-order valence-corrected chi connectivity index (χ3v) is 6.35. The van der Waals surface area contributed by atoms with Crippen LogP contribution in [0.2, 0.25) is 0 Å². The highest BCUT2D eigenvalue weighted by atomic mass is 16.3. The number of aliphatic hydroxyl groups excluding tert-OH is 1. The number of furan rings is 1. The Balaban J connectivity index is 1.38. The molecule has 2 amide bonds. The van der Waals surface area contributed by atoms with Gasteiger partial charge in [-0.2, -0.15) is 5.10 Å². The van der Waals surface area contributed by atoms with E-state index in [4.69, 9.17) is 4.42 Å². The predicted octanol–water partition coefficient (Wildman–Crippen LogP) is 1.44. The summed E-state index contributed by atoms with van der Waals surface area (Å²) in [5.41, 5.74) is 1.86. The second-order valence-electron chi connectivity index (χ2n) is 8.11. The number of nitrogens with zero attached hydrogens (tertiary/aromatic N) is 4. The number of rotatable bonds is 3. The Morgan fingerprint density at radius 3 is 2.62 bits per heavy atom. The van der Waals surface area contributed by atoms with E-state index >= 15 is 0 Å². The SMILES string of the molecule is Cc1cccn2ncc(C(=O)N3C[C@H]4CN(C(=O)c5ccco5)C[C@@]4(CO)C3)c12. The monoisotopic (exact) mass is 394 g/mol. The van der Waals surface area contributed by atoms with Crippen LogP contribution in [0.4, 0.5) is 0 Å². The van der Waals surface area contributed by atoms with Crippen molar-refractivity contribution in [1.82, 2.24) is 19.4 Å². The number of likely N-dealkylation sites (tertiary alicyclic amines) is 2. The Morgan fingerprint density at radius 2 is 1.97 bits per heavy atom. The van der Waals surface area contributed by atoms with Crippen LogP contribution >= 0.6 is 0 Å². The minimum Gasteiger partial charge on any atom is -0.459 e. The number of hydrogen-bond donors (Lipinski definition) is 1. The largest absolute Gasteiger partial charge is 0.459 e. The van der Waals surface area contributed by atoms with Crippen LogP contribution in [0.3, 0.4) is 0 Å². The normalized spacial score (nSPS) is 23.7. The molecule has 8 heteroatoms. The molecule has 2 fully saturated rings. The van der Waals surface area contributed by atoms with Crippen LogP contribution in [0.15, 0.2) is 47.3 Å². The van der Waals surface area contributed by atoms with E-state index in [1.807, 2.05) is 25.3 Å². The van der Waals surface area contributed by atoms with Crippen LogP contribution < -0.4 is 0 Å². The summed E-state index contributed by atoms with van der Waals surface area (Å²) in [4.78, 5) is 29.4. The zero-order valence-corrected chi connectivity index (χ0v) is 16.1. The van der Waals surface area contributed by atoms with Gasteiger partial charge in [-0.15, -0.1) is 0 Å². The van der Waals surface area contributed by atoms with E-state index in [0.29, 0.717) is 37.5 Å². The molecule has 2 atom stereocenters. The highest BCUT2D eigenvalue weighted by Crippen LogP contribution is 2.43. The van der Waals surface area contributed by atoms with Crippen LogP contribution in [0.25, 0.3) is 5.52 Å². The molecule has 0 radical (unpaired) electrons. The lowest BCUT2D eigenvalue weighted by Crippen LogP contribution is -2.40. The van der Waals surface area contributed by atoms with E-state index in [1.165, 1.54) is 6.26 Å². The van der Waals surface area contributed by atoms with Crippen LogP contribution in [0, 0.1) is 18.3 Å². The summed E-state index contributed by atoms with van der Waals surface area (Å²) in [5, 5.41) is 14.5. The number of aromatic nitrogens is 2. The molecule has 0 aromatic carbocycles. The van der Waals surface area contributed by atoms with Crippen LogP contribution in [-0.4, -0.2) is 69.1 Å². The van der Waals surface area contributed by atoms with E-state index in [9.17, 15) is 14.7 Å². The van der Waals surface area contributed by atoms with Gasteiger partial charge in [0.05, 0.1) is 30.1 Å². The molecule has 5 heterocycles. The standard InChI is InChI=1S/C21H22N4O4/c1-14-4-2-6-25-18(14)16(8-22-25)19(27)23-9-15-10-24(12-21(15,11-23)13-26)20(28)17-5-3-7-29-17/h2-8,15,26H,9-13H2,1H3/t15-,21+/m0/s1. The minimum atomic E-state index is -0.504. The van der Waals surface area contributed by atoms with Gasteiger partial charge in [-0.3, -0.25) is 9.59 Å². The smallest absolute Gasteiger partial charge is 0.289 e. The molecule has 0 spiro atoms. The van der Waals surface area contributed by atoms with Gasteiger partial charge in [-0.25, -0.2) is 4.52 Å². The molecule has 5 rings (SSSR count). The number of amides is 2. The van der Waals surface area contributed by atoms with Crippen molar-refractivity contribution >= 4 is 17.3 Å². The van der Waals surface area contributed by atoms with Crippen LogP contribution in [0.1, 0.15) is 26.5 Å². The number of carbonyl (C=O) groups excluding carboxylic acids is 2. The number of aryl methyl sites for hydroxylation is 1. The lowest BCUT2D eigenvalue weighted by atomic mass is 9.82. The summed E-state index contributed by atoms with van der Waals surface area (Å²) in [6.45, 7) is 3.71. The first-order valence-electron chi connectivity index (χ1n) is 9.68. The van der Waals surface area contributed by atoms with Gasteiger partial charge in [0.2, 0.25) is 0 Å². The van der Waals surface area contributed by atoms with E-state index in [-0.39, 0.29) is 24.3 Å². The second kappa shape index (κ2) is 6.45. The molecule has 3 aromatic heterocycles. The molecule has 3 aromatic rings. The Bertz CT molecular complexity index is 1090. The number of carbonyl (C=O) groups is 2. The number of hydrogen-bond acceptors (Lipinski definition) is 5. The van der Waals surface area contributed by atoms with Crippen molar-refractivity contribution < 1.29 is 19.1 Å². The second-order valence-corrected chi connectivity index (χ2v) is 8.11. The molecular weight excluding hydrogens is 372 g/mol. The zero-order valence-electron chi connectivity index (χ0n) is 16.1. The molecule has 150 valence electrons. The Hall–Kier alpha value is -3.13. The van der Waals surface area contributed by atoms with Gasteiger partial charge in [-0.1, -0.05) is 6.07 Å². The third kappa shape index (κ3) is 2.66. The average molecular weight is 394 g/mol. The number of aliphatic hydroxyl groups is 1. The molecule has 29 heavy (non-hydrogen) atoms. The van der Waals surface area contributed by atoms with Crippen molar-refractivity contribution in [2.45, 2.75) is 6.92 Å². The fourth-order valence-electron chi connectivity index (χ4n) is 4.81.